The van der Waals surface area contributed by atoms with E-state index >= 15 is 0 Å². The van der Waals surface area contributed by atoms with Gasteiger partial charge in [-0.3, -0.25) is 4.57 Å². The average molecular weight is 708 g/mol. The van der Waals surface area contributed by atoms with Gasteiger partial charge in [0.05, 0.1) is 16.6 Å². The number of fused-ring (bicyclic) bond motifs is 7. The van der Waals surface area contributed by atoms with Crippen LogP contribution in [0.3, 0.4) is 0 Å². The van der Waals surface area contributed by atoms with E-state index in [9.17, 15) is 0 Å². The van der Waals surface area contributed by atoms with Crippen LogP contribution in [0.4, 0.5) is 0 Å². The third kappa shape index (κ3) is 4.88. The van der Waals surface area contributed by atoms with Crippen molar-refractivity contribution in [2.24, 2.45) is 0 Å². The summed E-state index contributed by atoms with van der Waals surface area (Å²) in [6.07, 6.45) is 0. The van der Waals surface area contributed by atoms with Crippen molar-refractivity contribution < 1.29 is 4.42 Å². The van der Waals surface area contributed by atoms with Crippen molar-refractivity contribution in [2.75, 3.05) is 0 Å². The largest absolute Gasteiger partial charge is 0.435 e. The van der Waals surface area contributed by atoms with Gasteiger partial charge in [0.25, 0.3) is 0 Å². The van der Waals surface area contributed by atoms with Crippen molar-refractivity contribution in [3.63, 3.8) is 0 Å². The number of hydrogen-bond acceptors (Lipinski definition) is 5. The highest BCUT2D eigenvalue weighted by Crippen LogP contribution is 2.49. The van der Waals surface area contributed by atoms with Crippen LogP contribution in [0.2, 0.25) is 0 Å². The van der Waals surface area contributed by atoms with Gasteiger partial charge < -0.3 is 4.42 Å². The first-order valence-electron chi connectivity index (χ1n) is 18.6. The van der Waals surface area contributed by atoms with Crippen molar-refractivity contribution in [3.05, 3.63) is 175 Å². The van der Waals surface area contributed by atoms with E-state index in [1.807, 2.05) is 60.7 Å². The molecule has 0 atom stereocenters. The summed E-state index contributed by atoms with van der Waals surface area (Å²) in [5, 5.41) is 2.28. The first kappa shape index (κ1) is 31.4. The number of benzene rings is 7. The molecule has 6 nitrogen and oxygen atoms in total. The molecule has 7 aromatic carbocycles. The highest BCUT2D eigenvalue weighted by atomic mass is 16.3. The molecule has 6 heteroatoms. The van der Waals surface area contributed by atoms with E-state index < -0.39 is 0 Å². The van der Waals surface area contributed by atoms with Gasteiger partial charge in [0.2, 0.25) is 11.8 Å². The smallest absolute Gasteiger partial charge is 0.238 e. The van der Waals surface area contributed by atoms with Gasteiger partial charge >= 0.3 is 0 Å². The highest BCUT2D eigenvalue weighted by molar-refractivity contribution is 6.09. The molecule has 1 aliphatic rings. The van der Waals surface area contributed by atoms with Crippen LogP contribution in [-0.2, 0) is 5.41 Å². The molecule has 0 bridgehead atoms. The molecule has 260 valence electrons. The Kier molecular flexibility index (Phi) is 6.79. The van der Waals surface area contributed by atoms with Crippen molar-refractivity contribution >= 4 is 32.9 Å². The molecule has 1 aliphatic carbocycles. The summed E-state index contributed by atoms with van der Waals surface area (Å²) in [5.74, 6) is 2.16. The second-order valence-electron chi connectivity index (χ2n) is 14.7. The predicted octanol–water partition coefficient (Wildman–Crippen LogP) is 12.1. The van der Waals surface area contributed by atoms with Crippen molar-refractivity contribution in [1.82, 2.24) is 24.5 Å². The Morgan fingerprint density at radius 2 is 1.07 bits per heavy atom. The van der Waals surface area contributed by atoms with Crippen LogP contribution in [0.15, 0.2) is 168 Å². The van der Waals surface area contributed by atoms with Crippen LogP contribution < -0.4 is 0 Å². The Balaban J connectivity index is 1.01. The lowest BCUT2D eigenvalue weighted by molar-refractivity contribution is 0.620. The van der Waals surface area contributed by atoms with E-state index in [1.165, 1.54) is 27.8 Å². The maximum absolute atomic E-state index is 6.61. The van der Waals surface area contributed by atoms with Gasteiger partial charge in [-0.15, -0.1) is 0 Å². The van der Waals surface area contributed by atoms with Gasteiger partial charge in [0, 0.05) is 27.3 Å². The molecule has 11 rings (SSSR count). The Hall–Kier alpha value is -7.18. The monoisotopic (exact) mass is 707 g/mol. The minimum Gasteiger partial charge on any atom is -0.435 e. The standard InChI is InChI=1S/C49H33N5O/c1-49(2)39-19-9-6-15-34(39)35-28-27-33(29-40(35)49)30-23-25-32(26-24-30)47-50-41-20-12-18-38(44(41)55-47)46-51-45(31-13-4-3-5-14-31)52-48(53-46)54-42-21-10-7-16-36(42)37-17-8-11-22-43(37)54/h3-29H,1-2H3. The summed E-state index contributed by atoms with van der Waals surface area (Å²) in [6, 6.07) is 56.8. The first-order chi connectivity index (χ1) is 27.0. The number of nitrogens with zero attached hydrogens (tertiary/aromatic N) is 5. The molecule has 0 spiro atoms. The Bertz CT molecular complexity index is 3070. The fourth-order valence-electron chi connectivity index (χ4n) is 8.38. The predicted molar refractivity (Wildman–Crippen MR) is 221 cm³/mol. The average Bonchev–Trinajstić information content (AvgIpc) is 3.90. The summed E-state index contributed by atoms with van der Waals surface area (Å²) in [7, 11) is 0. The second kappa shape index (κ2) is 11.9. The zero-order valence-electron chi connectivity index (χ0n) is 30.2. The molecule has 55 heavy (non-hydrogen) atoms. The normalized spacial score (nSPS) is 13.1. The van der Waals surface area contributed by atoms with Gasteiger partial charge in [-0.1, -0.05) is 135 Å². The first-order valence-corrected chi connectivity index (χ1v) is 18.6. The summed E-state index contributed by atoms with van der Waals surface area (Å²) < 4.78 is 8.73. The Labute approximate surface area is 317 Å². The lowest BCUT2D eigenvalue weighted by atomic mass is 9.81. The molecule has 0 N–H and O–H groups in total. The highest BCUT2D eigenvalue weighted by Gasteiger charge is 2.35. The molecule has 0 fully saturated rings. The summed E-state index contributed by atoms with van der Waals surface area (Å²) in [4.78, 5) is 20.2. The maximum Gasteiger partial charge on any atom is 0.238 e. The SMILES string of the molecule is CC1(C)c2ccccc2-c2ccc(-c3ccc(-c4nc5cccc(-c6nc(-c7ccccc7)nc(-n7c8ccccc8c8ccccc87)n6)c5o4)cc3)cc21. The molecule has 3 heterocycles. The quantitative estimate of drug-likeness (QED) is 0.178. The molecule has 0 unspecified atom stereocenters. The van der Waals surface area contributed by atoms with Crippen LogP contribution in [0.25, 0.3) is 95.3 Å². The molecular weight excluding hydrogens is 675 g/mol. The number of hydrogen-bond donors (Lipinski definition) is 0. The van der Waals surface area contributed by atoms with Gasteiger partial charge in [-0.05, 0) is 75.8 Å². The van der Waals surface area contributed by atoms with Gasteiger partial charge in [-0.25, -0.2) is 9.97 Å². The van der Waals surface area contributed by atoms with Crippen LogP contribution in [0.1, 0.15) is 25.0 Å². The fraction of sp³-hybridized carbons (Fsp3) is 0.0612. The zero-order chi connectivity index (χ0) is 36.7. The van der Waals surface area contributed by atoms with Crippen molar-refractivity contribution in [2.45, 2.75) is 19.3 Å². The number of oxazole rings is 1. The summed E-state index contributed by atoms with van der Waals surface area (Å²) in [6.45, 7) is 4.63. The van der Waals surface area contributed by atoms with Gasteiger partial charge in [0.1, 0.15) is 5.52 Å². The van der Waals surface area contributed by atoms with Crippen LogP contribution >= 0.6 is 0 Å². The van der Waals surface area contributed by atoms with Gasteiger partial charge in [-0.2, -0.15) is 9.97 Å². The van der Waals surface area contributed by atoms with E-state index in [4.69, 9.17) is 24.4 Å². The minimum absolute atomic E-state index is 0.0532. The van der Waals surface area contributed by atoms with E-state index in [1.54, 1.807) is 0 Å². The maximum atomic E-state index is 6.61. The third-order valence-corrected chi connectivity index (χ3v) is 11.1. The van der Waals surface area contributed by atoms with Gasteiger partial charge in [0.15, 0.2) is 17.2 Å². The van der Waals surface area contributed by atoms with Crippen LogP contribution in [-0.4, -0.2) is 24.5 Å². The van der Waals surface area contributed by atoms with E-state index in [2.05, 4.69) is 122 Å². The Morgan fingerprint density at radius 3 is 1.85 bits per heavy atom. The van der Waals surface area contributed by atoms with E-state index in [0.29, 0.717) is 29.1 Å². The molecule has 0 saturated heterocycles. The van der Waals surface area contributed by atoms with Crippen molar-refractivity contribution in [1.29, 1.82) is 0 Å². The Morgan fingerprint density at radius 1 is 0.455 bits per heavy atom. The zero-order valence-corrected chi connectivity index (χ0v) is 30.2. The molecule has 10 aromatic rings. The van der Waals surface area contributed by atoms with Crippen molar-refractivity contribution in [3.8, 4) is 62.4 Å². The van der Waals surface area contributed by atoms with E-state index in [0.717, 1.165) is 49.6 Å². The number of para-hydroxylation sites is 3. The molecule has 0 radical (unpaired) electrons. The second-order valence-corrected chi connectivity index (χ2v) is 14.7. The number of aromatic nitrogens is 5. The third-order valence-electron chi connectivity index (χ3n) is 11.1. The van der Waals surface area contributed by atoms with E-state index in [-0.39, 0.29) is 5.41 Å². The van der Waals surface area contributed by atoms with Crippen LogP contribution in [0, 0.1) is 0 Å². The minimum atomic E-state index is -0.0532. The number of rotatable bonds is 5. The van der Waals surface area contributed by atoms with Crippen LogP contribution in [0.5, 0.6) is 0 Å². The molecule has 0 aliphatic heterocycles. The molecular formula is C49H33N5O. The topological polar surface area (TPSA) is 69.6 Å². The lowest BCUT2D eigenvalue weighted by Gasteiger charge is -2.22. The summed E-state index contributed by atoms with van der Waals surface area (Å²) >= 11 is 0. The fourth-order valence-corrected chi connectivity index (χ4v) is 8.38. The molecule has 0 amide bonds. The molecule has 3 aromatic heterocycles. The summed E-state index contributed by atoms with van der Waals surface area (Å²) in [5.41, 5.74) is 13.6. The molecule has 0 saturated carbocycles. The lowest BCUT2D eigenvalue weighted by Crippen LogP contribution is -2.14.